The van der Waals surface area contributed by atoms with Crippen molar-refractivity contribution in [2.75, 3.05) is 13.1 Å². The Morgan fingerprint density at radius 1 is 1.26 bits per heavy atom. The molecule has 3 N–H and O–H groups in total. The van der Waals surface area contributed by atoms with Gasteiger partial charge >= 0.3 is 5.97 Å². The van der Waals surface area contributed by atoms with Crippen molar-refractivity contribution in [3.63, 3.8) is 0 Å². The summed E-state index contributed by atoms with van der Waals surface area (Å²) < 4.78 is 0. The van der Waals surface area contributed by atoms with E-state index in [0.29, 0.717) is 36.4 Å². The van der Waals surface area contributed by atoms with Crippen LogP contribution in [0.3, 0.4) is 0 Å². The third-order valence-electron chi connectivity index (χ3n) is 3.95. The number of amides is 2. The first-order valence-electron chi connectivity index (χ1n) is 7.47. The van der Waals surface area contributed by atoms with Crippen LogP contribution in [-0.4, -0.2) is 46.1 Å². The molecule has 1 aromatic rings. The van der Waals surface area contributed by atoms with Crippen molar-refractivity contribution in [1.82, 2.24) is 4.90 Å². The van der Waals surface area contributed by atoms with Crippen LogP contribution in [0.2, 0.25) is 0 Å². The Hall–Kier alpha value is -2.02. The van der Waals surface area contributed by atoms with Crippen LogP contribution in [0.5, 0.6) is 0 Å². The number of primary amides is 1. The number of carbonyl (C=O) groups excluding carboxylic acids is 2. The lowest BCUT2D eigenvalue weighted by atomic mass is 9.96. The van der Waals surface area contributed by atoms with E-state index in [-0.39, 0.29) is 17.7 Å². The van der Waals surface area contributed by atoms with Crippen LogP contribution in [0.4, 0.5) is 0 Å². The lowest BCUT2D eigenvalue weighted by molar-refractivity contribution is -0.136. The summed E-state index contributed by atoms with van der Waals surface area (Å²) in [6.07, 6.45) is 1.14. The normalized spacial score (nSPS) is 16.8. The zero-order valence-electron chi connectivity index (χ0n) is 12.9. The number of likely N-dealkylation sites (tertiary alicyclic amines) is 1. The number of rotatable bonds is 5. The van der Waals surface area contributed by atoms with Gasteiger partial charge < -0.3 is 15.7 Å². The number of hydrogen-bond donors (Lipinski definition) is 2. The van der Waals surface area contributed by atoms with Crippen molar-refractivity contribution in [2.24, 2.45) is 11.7 Å². The van der Waals surface area contributed by atoms with E-state index in [2.05, 4.69) is 0 Å². The molecule has 1 aliphatic heterocycles. The predicted octanol–water partition coefficient (Wildman–Crippen LogP) is 1.59. The average Bonchev–Trinajstić information content (AvgIpc) is 2.54. The number of carboxylic acids is 1. The van der Waals surface area contributed by atoms with E-state index in [0.717, 1.165) is 11.8 Å². The van der Waals surface area contributed by atoms with Crippen LogP contribution in [0.15, 0.2) is 29.2 Å². The number of carboxylic acid groups (broad SMARTS) is 1. The summed E-state index contributed by atoms with van der Waals surface area (Å²) in [5.74, 6) is -1.54. The van der Waals surface area contributed by atoms with E-state index in [9.17, 15) is 14.4 Å². The van der Waals surface area contributed by atoms with E-state index in [1.54, 1.807) is 36.1 Å². The molecule has 0 bridgehead atoms. The highest BCUT2D eigenvalue weighted by atomic mass is 32.2. The molecule has 124 valence electrons. The van der Waals surface area contributed by atoms with Crippen molar-refractivity contribution >= 4 is 29.5 Å². The fourth-order valence-electron chi connectivity index (χ4n) is 2.52. The summed E-state index contributed by atoms with van der Waals surface area (Å²) in [6, 6.07) is 7.01. The van der Waals surface area contributed by atoms with Gasteiger partial charge in [0.2, 0.25) is 5.91 Å². The Balaban J connectivity index is 2.11. The maximum absolute atomic E-state index is 12.7. The number of carbonyl (C=O) groups is 3. The van der Waals surface area contributed by atoms with E-state index < -0.39 is 11.2 Å². The first kappa shape index (κ1) is 17.3. The molecule has 1 heterocycles. The Labute approximate surface area is 139 Å². The van der Waals surface area contributed by atoms with Gasteiger partial charge in [0, 0.05) is 23.9 Å². The average molecular weight is 336 g/mol. The summed E-state index contributed by atoms with van der Waals surface area (Å²) in [4.78, 5) is 37.3. The molecule has 6 nitrogen and oxygen atoms in total. The summed E-state index contributed by atoms with van der Waals surface area (Å²) >= 11 is 1.15. The second kappa shape index (κ2) is 7.50. The number of aliphatic carboxylic acids is 1. The van der Waals surface area contributed by atoms with E-state index >= 15 is 0 Å². The third kappa shape index (κ3) is 4.25. The second-order valence-electron chi connectivity index (χ2n) is 5.56. The van der Waals surface area contributed by atoms with Crippen molar-refractivity contribution in [3.8, 4) is 0 Å². The maximum Gasteiger partial charge on any atom is 0.316 e. The zero-order valence-corrected chi connectivity index (χ0v) is 13.7. The first-order chi connectivity index (χ1) is 10.9. The molecule has 1 aliphatic rings. The highest BCUT2D eigenvalue weighted by Crippen LogP contribution is 2.29. The SMILES string of the molecule is CC(Sc1ccccc1C(=O)N1CCC(C(N)=O)CC1)C(=O)O. The lowest BCUT2D eigenvalue weighted by Crippen LogP contribution is -2.41. The van der Waals surface area contributed by atoms with E-state index in [1.807, 2.05) is 0 Å². The van der Waals surface area contributed by atoms with Gasteiger partial charge in [-0.05, 0) is 31.9 Å². The number of nitrogens with two attached hydrogens (primary N) is 1. The highest BCUT2D eigenvalue weighted by Gasteiger charge is 2.28. The summed E-state index contributed by atoms with van der Waals surface area (Å²) in [7, 11) is 0. The van der Waals surface area contributed by atoms with Gasteiger partial charge in [0.25, 0.3) is 5.91 Å². The quantitative estimate of drug-likeness (QED) is 0.795. The number of benzene rings is 1. The number of nitrogens with zero attached hydrogens (tertiary/aromatic N) is 1. The molecule has 0 radical (unpaired) electrons. The van der Waals surface area contributed by atoms with Crippen LogP contribution in [0.25, 0.3) is 0 Å². The topological polar surface area (TPSA) is 101 Å². The van der Waals surface area contributed by atoms with Crippen LogP contribution in [0, 0.1) is 5.92 Å². The van der Waals surface area contributed by atoms with Gasteiger partial charge in [0.1, 0.15) is 5.25 Å². The standard InChI is InChI=1S/C16H20N2O4S/c1-10(16(21)22)23-13-5-3-2-4-12(13)15(20)18-8-6-11(7-9-18)14(17)19/h2-5,10-11H,6-9H2,1H3,(H2,17,19)(H,21,22). The minimum Gasteiger partial charge on any atom is -0.480 e. The molecule has 1 unspecified atom stereocenters. The molecule has 2 rings (SSSR count). The zero-order chi connectivity index (χ0) is 17.0. The number of thioether (sulfide) groups is 1. The molecule has 7 heteroatoms. The minimum absolute atomic E-state index is 0.131. The van der Waals surface area contributed by atoms with E-state index in [4.69, 9.17) is 10.8 Å². The van der Waals surface area contributed by atoms with Gasteiger partial charge in [-0.15, -0.1) is 11.8 Å². The molecule has 0 saturated carbocycles. The second-order valence-corrected chi connectivity index (χ2v) is 6.95. The van der Waals surface area contributed by atoms with Crippen LogP contribution < -0.4 is 5.73 Å². The van der Waals surface area contributed by atoms with Gasteiger partial charge in [0.05, 0.1) is 5.56 Å². The van der Waals surface area contributed by atoms with Crippen molar-refractivity contribution in [1.29, 1.82) is 0 Å². The van der Waals surface area contributed by atoms with Gasteiger partial charge in [-0.3, -0.25) is 14.4 Å². The monoisotopic (exact) mass is 336 g/mol. The van der Waals surface area contributed by atoms with Crippen LogP contribution in [-0.2, 0) is 9.59 Å². The molecule has 1 saturated heterocycles. The Kier molecular flexibility index (Phi) is 5.65. The fraction of sp³-hybridized carbons (Fsp3) is 0.438. The van der Waals surface area contributed by atoms with Crippen molar-refractivity contribution in [2.45, 2.75) is 29.9 Å². The molecule has 0 spiro atoms. The third-order valence-corrected chi connectivity index (χ3v) is 5.12. The van der Waals surface area contributed by atoms with Gasteiger partial charge in [-0.25, -0.2) is 0 Å². The molecule has 2 amide bonds. The van der Waals surface area contributed by atoms with Crippen LogP contribution in [0.1, 0.15) is 30.1 Å². The maximum atomic E-state index is 12.7. The minimum atomic E-state index is -0.917. The molecule has 1 fully saturated rings. The molecular weight excluding hydrogens is 316 g/mol. The van der Waals surface area contributed by atoms with Crippen LogP contribution >= 0.6 is 11.8 Å². The van der Waals surface area contributed by atoms with E-state index in [1.165, 1.54) is 0 Å². The molecule has 0 aromatic heterocycles. The summed E-state index contributed by atoms with van der Waals surface area (Å²) in [5, 5.41) is 8.41. The summed E-state index contributed by atoms with van der Waals surface area (Å²) in [5.41, 5.74) is 5.81. The number of piperidine rings is 1. The Morgan fingerprint density at radius 2 is 1.87 bits per heavy atom. The molecule has 1 atom stereocenters. The molecule has 1 aromatic carbocycles. The largest absolute Gasteiger partial charge is 0.480 e. The molecule has 0 aliphatic carbocycles. The molecule has 23 heavy (non-hydrogen) atoms. The lowest BCUT2D eigenvalue weighted by Gasteiger charge is -2.31. The van der Waals surface area contributed by atoms with Gasteiger partial charge in [0.15, 0.2) is 0 Å². The van der Waals surface area contributed by atoms with Crippen molar-refractivity contribution in [3.05, 3.63) is 29.8 Å². The summed E-state index contributed by atoms with van der Waals surface area (Å²) in [6.45, 7) is 2.56. The molecular formula is C16H20N2O4S. The number of hydrogen-bond acceptors (Lipinski definition) is 4. The van der Waals surface area contributed by atoms with Gasteiger partial charge in [-0.2, -0.15) is 0 Å². The smallest absolute Gasteiger partial charge is 0.316 e. The fourth-order valence-corrected chi connectivity index (χ4v) is 3.45. The van der Waals surface area contributed by atoms with Gasteiger partial charge in [-0.1, -0.05) is 12.1 Å². The predicted molar refractivity (Wildman–Crippen MR) is 87.2 cm³/mol. The highest BCUT2D eigenvalue weighted by molar-refractivity contribution is 8.00. The Morgan fingerprint density at radius 3 is 2.43 bits per heavy atom. The first-order valence-corrected chi connectivity index (χ1v) is 8.35. The Bertz CT molecular complexity index is 612. The van der Waals surface area contributed by atoms with Crippen molar-refractivity contribution < 1.29 is 19.5 Å².